The number of rotatable bonds is 4. The first-order valence-corrected chi connectivity index (χ1v) is 9.28. The Bertz CT molecular complexity index is 631. The van der Waals surface area contributed by atoms with Gasteiger partial charge in [0.05, 0.1) is 16.1 Å². The first-order valence-electron chi connectivity index (χ1n) is 6.70. The third-order valence-electron chi connectivity index (χ3n) is 3.75. The van der Waals surface area contributed by atoms with Crippen LogP contribution in [0.5, 0.6) is 0 Å². The normalized spacial score (nSPS) is 23.7. The second kappa shape index (κ2) is 7.21. The largest absolute Gasteiger partial charge is 0.381 e. The highest BCUT2D eigenvalue weighted by Gasteiger charge is 2.38. The Kier molecular flexibility index (Phi) is 5.99. The van der Waals surface area contributed by atoms with Gasteiger partial charge in [-0.1, -0.05) is 34.8 Å². The molecular formula is C13H17Cl3N2O3S. The predicted octanol–water partition coefficient (Wildman–Crippen LogP) is 2.77. The quantitative estimate of drug-likeness (QED) is 0.862. The number of sulfonamides is 1. The molecule has 2 atom stereocenters. The van der Waals surface area contributed by atoms with Gasteiger partial charge in [-0.3, -0.25) is 0 Å². The topological polar surface area (TPSA) is 72.6 Å². The van der Waals surface area contributed by atoms with Gasteiger partial charge in [0.2, 0.25) is 10.0 Å². The van der Waals surface area contributed by atoms with Crippen LogP contribution in [-0.4, -0.2) is 45.1 Å². The van der Waals surface area contributed by atoms with Gasteiger partial charge in [-0.2, -0.15) is 4.31 Å². The highest BCUT2D eigenvalue weighted by Crippen LogP contribution is 2.36. The summed E-state index contributed by atoms with van der Waals surface area (Å²) in [4.78, 5) is -0.130. The number of hydrogen-bond donors (Lipinski definition) is 1. The molecule has 1 heterocycles. The lowest BCUT2D eigenvalue weighted by atomic mass is 10.0. The molecule has 1 aliphatic heterocycles. The molecule has 1 saturated heterocycles. The summed E-state index contributed by atoms with van der Waals surface area (Å²) in [6, 6.07) is 2.37. The van der Waals surface area contributed by atoms with E-state index in [-0.39, 0.29) is 38.7 Å². The van der Waals surface area contributed by atoms with Gasteiger partial charge < -0.3 is 10.5 Å². The van der Waals surface area contributed by atoms with E-state index in [1.807, 2.05) is 0 Å². The number of nitrogens with zero attached hydrogens (tertiary/aromatic N) is 1. The number of piperidine rings is 1. The van der Waals surface area contributed by atoms with Crippen molar-refractivity contribution in [2.75, 3.05) is 20.2 Å². The molecule has 1 aliphatic rings. The van der Waals surface area contributed by atoms with E-state index in [9.17, 15) is 8.42 Å². The fourth-order valence-corrected chi connectivity index (χ4v) is 5.79. The van der Waals surface area contributed by atoms with Crippen LogP contribution >= 0.6 is 34.8 Å². The molecule has 0 spiro atoms. The first kappa shape index (κ1) is 18.3. The molecule has 0 radical (unpaired) electrons. The molecule has 2 unspecified atom stereocenters. The molecule has 0 saturated carbocycles. The zero-order valence-electron chi connectivity index (χ0n) is 11.9. The maximum absolute atomic E-state index is 12.9. The van der Waals surface area contributed by atoms with Crippen molar-refractivity contribution >= 4 is 44.8 Å². The molecule has 2 N–H and O–H groups in total. The van der Waals surface area contributed by atoms with E-state index in [4.69, 9.17) is 45.3 Å². The molecule has 9 heteroatoms. The van der Waals surface area contributed by atoms with E-state index < -0.39 is 10.0 Å². The van der Waals surface area contributed by atoms with Crippen LogP contribution in [0.15, 0.2) is 17.0 Å². The van der Waals surface area contributed by atoms with Gasteiger partial charge in [-0.15, -0.1) is 0 Å². The van der Waals surface area contributed by atoms with Gasteiger partial charge in [0, 0.05) is 31.3 Å². The Balaban J connectivity index is 2.42. The Labute approximate surface area is 145 Å². The fraction of sp³-hybridized carbons (Fsp3) is 0.538. The molecule has 1 aromatic carbocycles. The molecule has 0 bridgehead atoms. The van der Waals surface area contributed by atoms with E-state index in [2.05, 4.69) is 0 Å². The summed E-state index contributed by atoms with van der Waals surface area (Å²) in [5.74, 6) is 0. The highest BCUT2D eigenvalue weighted by atomic mass is 35.5. The number of ether oxygens (including phenoxy) is 1. The van der Waals surface area contributed by atoms with Crippen molar-refractivity contribution in [1.82, 2.24) is 4.31 Å². The van der Waals surface area contributed by atoms with E-state index in [0.29, 0.717) is 19.4 Å². The number of benzene rings is 1. The van der Waals surface area contributed by atoms with E-state index in [0.717, 1.165) is 0 Å². The molecule has 0 aliphatic carbocycles. The number of methoxy groups -OCH3 is 1. The van der Waals surface area contributed by atoms with Crippen LogP contribution < -0.4 is 5.73 Å². The van der Waals surface area contributed by atoms with Crippen molar-refractivity contribution < 1.29 is 13.2 Å². The second-order valence-corrected chi connectivity index (χ2v) is 8.16. The summed E-state index contributed by atoms with van der Waals surface area (Å²) in [6.45, 7) is 0.500. The summed E-state index contributed by atoms with van der Waals surface area (Å²) in [6.07, 6.45) is 1.13. The van der Waals surface area contributed by atoms with Crippen LogP contribution in [0.25, 0.3) is 0 Å². The molecule has 1 fully saturated rings. The van der Waals surface area contributed by atoms with Crippen molar-refractivity contribution in [3.63, 3.8) is 0 Å². The maximum Gasteiger partial charge on any atom is 0.246 e. The number of hydrogen-bond acceptors (Lipinski definition) is 4. The summed E-state index contributed by atoms with van der Waals surface area (Å²) in [5, 5.41) is 0.284. The zero-order valence-corrected chi connectivity index (χ0v) is 15.0. The SMILES string of the molecule is COC1CCN(S(=O)(=O)c2c(Cl)cc(Cl)cc2Cl)C(CN)C1. The molecule has 1 aromatic rings. The molecule has 5 nitrogen and oxygen atoms in total. The molecule has 2 rings (SSSR count). The predicted molar refractivity (Wildman–Crippen MR) is 88.2 cm³/mol. The average molecular weight is 388 g/mol. The summed E-state index contributed by atoms with van der Waals surface area (Å²) >= 11 is 17.9. The minimum absolute atomic E-state index is 0.00198. The van der Waals surface area contributed by atoms with Gasteiger partial charge in [-0.05, 0) is 25.0 Å². The fourth-order valence-electron chi connectivity index (χ4n) is 2.63. The number of nitrogens with two attached hydrogens (primary N) is 1. The van der Waals surface area contributed by atoms with Crippen molar-refractivity contribution in [3.8, 4) is 0 Å². The standard InChI is InChI=1S/C13H17Cl3N2O3S/c1-21-10-2-3-18(9(6-10)7-17)22(19,20)13-11(15)4-8(14)5-12(13)16/h4-5,9-10H,2-3,6-7,17H2,1H3. The van der Waals surface area contributed by atoms with Crippen LogP contribution in [0, 0.1) is 0 Å². The lowest BCUT2D eigenvalue weighted by Crippen LogP contribution is -2.51. The lowest BCUT2D eigenvalue weighted by Gasteiger charge is -2.37. The molecule has 22 heavy (non-hydrogen) atoms. The highest BCUT2D eigenvalue weighted by molar-refractivity contribution is 7.89. The van der Waals surface area contributed by atoms with E-state index in [1.165, 1.54) is 16.4 Å². The van der Waals surface area contributed by atoms with E-state index >= 15 is 0 Å². The minimum Gasteiger partial charge on any atom is -0.381 e. The van der Waals surface area contributed by atoms with Gasteiger partial charge in [0.15, 0.2) is 0 Å². The van der Waals surface area contributed by atoms with Crippen LogP contribution in [0.3, 0.4) is 0 Å². The Morgan fingerprint density at radius 3 is 2.41 bits per heavy atom. The lowest BCUT2D eigenvalue weighted by molar-refractivity contribution is 0.0401. The Hall–Kier alpha value is -0.0800. The van der Waals surface area contributed by atoms with Crippen molar-refractivity contribution in [3.05, 3.63) is 27.2 Å². The van der Waals surface area contributed by atoms with Crippen LogP contribution in [0.4, 0.5) is 0 Å². The Morgan fingerprint density at radius 1 is 1.32 bits per heavy atom. The third-order valence-corrected chi connectivity index (χ3v) is 6.84. The van der Waals surface area contributed by atoms with Crippen molar-refractivity contribution in [2.24, 2.45) is 5.73 Å². The first-order chi connectivity index (χ1) is 10.3. The van der Waals surface area contributed by atoms with Crippen LogP contribution in [0.1, 0.15) is 12.8 Å². The van der Waals surface area contributed by atoms with Gasteiger partial charge >= 0.3 is 0 Å². The molecule has 0 aromatic heterocycles. The Morgan fingerprint density at radius 2 is 1.91 bits per heavy atom. The minimum atomic E-state index is -3.86. The summed E-state index contributed by atoms with van der Waals surface area (Å²) < 4.78 is 32.5. The average Bonchev–Trinajstić information content (AvgIpc) is 2.44. The maximum atomic E-state index is 12.9. The molecule has 124 valence electrons. The van der Waals surface area contributed by atoms with Crippen molar-refractivity contribution in [2.45, 2.75) is 29.9 Å². The zero-order chi connectivity index (χ0) is 16.5. The summed E-state index contributed by atoms with van der Waals surface area (Å²) in [7, 11) is -2.25. The van der Waals surface area contributed by atoms with Crippen LogP contribution in [-0.2, 0) is 14.8 Å². The van der Waals surface area contributed by atoms with E-state index in [1.54, 1.807) is 7.11 Å². The van der Waals surface area contributed by atoms with Gasteiger partial charge in [0.25, 0.3) is 0 Å². The molecule has 0 amide bonds. The smallest absolute Gasteiger partial charge is 0.246 e. The van der Waals surface area contributed by atoms with Crippen molar-refractivity contribution in [1.29, 1.82) is 0 Å². The third kappa shape index (κ3) is 3.53. The number of halogens is 3. The second-order valence-electron chi connectivity index (χ2n) is 5.09. The van der Waals surface area contributed by atoms with Gasteiger partial charge in [0.1, 0.15) is 4.90 Å². The monoisotopic (exact) mass is 386 g/mol. The van der Waals surface area contributed by atoms with Crippen LogP contribution in [0.2, 0.25) is 15.1 Å². The molecular weight excluding hydrogens is 371 g/mol. The van der Waals surface area contributed by atoms with Gasteiger partial charge in [-0.25, -0.2) is 8.42 Å². The summed E-state index contributed by atoms with van der Waals surface area (Å²) in [5.41, 5.74) is 5.74.